The predicted octanol–water partition coefficient (Wildman–Crippen LogP) is 7.30. The van der Waals surface area contributed by atoms with Gasteiger partial charge in [0.1, 0.15) is 0 Å². The molecule has 2 nitrogen and oxygen atoms in total. The molecule has 0 amide bonds. The Morgan fingerprint density at radius 1 is 0.781 bits per heavy atom. The van der Waals surface area contributed by atoms with Crippen molar-refractivity contribution in [1.29, 1.82) is 0 Å². The number of rotatable bonds is 6. The standard InChI is InChI=1S/C30H40O2/c1-7-29(5,6)21-9-11-25-24-10-8-20(28(2,3)4)16-26(24)30(27(25)17-21,18-22-12-14-31-22)19-23-13-15-32-23/h8-11,16-17,22-23H,7,12-15,18-19H2,1-6H3. The Morgan fingerprint density at radius 3 is 1.66 bits per heavy atom. The van der Waals surface area contributed by atoms with Crippen LogP contribution >= 0.6 is 0 Å². The number of hydrogen-bond donors (Lipinski definition) is 0. The first kappa shape index (κ1) is 22.2. The minimum absolute atomic E-state index is 0.0259. The summed E-state index contributed by atoms with van der Waals surface area (Å²) >= 11 is 0. The Hall–Kier alpha value is -1.64. The van der Waals surface area contributed by atoms with Crippen LogP contribution in [0.25, 0.3) is 11.1 Å². The molecule has 2 unspecified atom stereocenters. The number of benzene rings is 2. The van der Waals surface area contributed by atoms with E-state index in [2.05, 4.69) is 77.9 Å². The molecule has 0 bridgehead atoms. The number of ether oxygens (including phenoxy) is 2. The fraction of sp³-hybridized carbons (Fsp3) is 0.600. The van der Waals surface area contributed by atoms with Crippen molar-refractivity contribution in [1.82, 2.24) is 0 Å². The highest BCUT2D eigenvalue weighted by atomic mass is 16.5. The predicted molar refractivity (Wildman–Crippen MR) is 133 cm³/mol. The molecule has 1 aliphatic carbocycles. The van der Waals surface area contributed by atoms with E-state index in [-0.39, 0.29) is 16.2 Å². The fourth-order valence-electron chi connectivity index (χ4n) is 5.78. The van der Waals surface area contributed by atoms with Crippen LogP contribution in [0.4, 0.5) is 0 Å². The Balaban J connectivity index is 1.72. The van der Waals surface area contributed by atoms with Gasteiger partial charge in [0.15, 0.2) is 0 Å². The van der Waals surface area contributed by atoms with Crippen molar-refractivity contribution in [3.63, 3.8) is 0 Å². The fourth-order valence-corrected chi connectivity index (χ4v) is 5.78. The van der Waals surface area contributed by atoms with Crippen LogP contribution in [-0.2, 0) is 25.7 Å². The molecule has 2 aliphatic heterocycles. The van der Waals surface area contributed by atoms with Crippen molar-refractivity contribution in [3.05, 3.63) is 58.7 Å². The van der Waals surface area contributed by atoms with Gasteiger partial charge in [-0.3, -0.25) is 0 Å². The minimum atomic E-state index is -0.0259. The average Bonchev–Trinajstić information content (AvgIpc) is 2.96. The van der Waals surface area contributed by atoms with E-state index >= 15 is 0 Å². The molecule has 32 heavy (non-hydrogen) atoms. The zero-order valence-electron chi connectivity index (χ0n) is 20.9. The van der Waals surface area contributed by atoms with E-state index in [9.17, 15) is 0 Å². The van der Waals surface area contributed by atoms with Gasteiger partial charge in [0, 0.05) is 18.6 Å². The lowest BCUT2D eigenvalue weighted by atomic mass is 9.67. The van der Waals surface area contributed by atoms with Gasteiger partial charge in [-0.15, -0.1) is 0 Å². The van der Waals surface area contributed by atoms with Crippen LogP contribution in [-0.4, -0.2) is 25.4 Å². The van der Waals surface area contributed by atoms with Crippen molar-refractivity contribution in [3.8, 4) is 11.1 Å². The van der Waals surface area contributed by atoms with Crippen LogP contribution in [0, 0.1) is 0 Å². The molecular weight excluding hydrogens is 392 g/mol. The maximum atomic E-state index is 6.06. The highest BCUT2D eigenvalue weighted by Crippen LogP contribution is 2.56. The zero-order valence-corrected chi connectivity index (χ0v) is 20.9. The van der Waals surface area contributed by atoms with Gasteiger partial charge in [0.25, 0.3) is 0 Å². The Labute approximate surface area is 194 Å². The quantitative estimate of drug-likeness (QED) is 0.477. The van der Waals surface area contributed by atoms with Crippen molar-refractivity contribution < 1.29 is 9.47 Å². The summed E-state index contributed by atoms with van der Waals surface area (Å²) in [5.41, 5.74) is 9.03. The summed E-state index contributed by atoms with van der Waals surface area (Å²) in [6.07, 6.45) is 6.34. The molecule has 3 aliphatic rings. The Kier molecular flexibility index (Phi) is 5.34. The van der Waals surface area contributed by atoms with E-state index < -0.39 is 0 Å². The van der Waals surface area contributed by atoms with Crippen molar-refractivity contribution in [2.24, 2.45) is 0 Å². The van der Waals surface area contributed by atoms with Crippen LogP contribution in [0.2, 0.25) is 0 Å². The summed E-state index contributed by atoms with van der Waals surface area (Å²) in [7, 11) is 0. The van der Waals surface area contributed by atoms with E-state index in [0.29, 0.717) is 12.2 Å². The molecule has 2 heteroatoms. The van der Waals surface area contributed by atoms with E-state index in [1.807, 2.05) is 0 Å². The Morgan fingerprint density at radius 2 is 1.25 bits per heavy atom. The molecule has 2 aromatic carbocycles. The molecule has 2 atom stereocenters. The second-order valence-corrected chi connectivity index (χ2v) is 12.1. The van der Waals surface area contributed by atoms with Crippen molar-refractivity contribution >= 4 is 0 Å². The SMILES string of the molecule is CCC(C)(C)c1ccc2c(c1)C(CC1CCO1)(CC1CCO1)c1cc(C(C)(C)C)ccc1-2. The molecule has 0 aromatic heterocycles. The maximum absolute atomic E-state index is 6.06. The van der Waals surface area contributed by atoms with Crippen molar-refractivity contribution in [2.75, 3.05) is 13.2 Å². The number of fused-ring (bicyclic) bond motifs is 3. The van der Waals surface area contributed by atoms with E-state index in [1.54, 1.807) is 0 Å². The largest absolute Gasteiger partial charge is 0.378 e. The summed E-state index contributed by atoms with van der Waals surface area (Å²) in [6.45, 7) is 15.8. The second-order valence-electron chi connectivity index (χ2n) is 12.1. The lowest BCUT2D eigenvalue weighted by Crippen LogP contribution is -2.42. The van der Waals surface area contributed by atoms with Gasteiger partial charge >= 0.3 is 0 Å². The lowest BCUT2D eigenvalue weighted by Gasteiger charge is -2.43. The highest BCUT2D eigenvalue weighted by molar-refractivity contribution is 5.82. The van der Waals surface area contributed by atoms with Crippen LogP contribution in [0.1, 0.15) is 95.9 Å². The topological polar surface area (TPSA) is 18.5 Å². The summed E-state index contributed by atoms with van der Waals surface area (Å²) in [5.74, 6) is 0. The first-order valence-corrected chi connectivity index (χ1v) is 12.7. The molecule has 172 valence electrons. The van der Waals surface area contributed by atoms with Gasteiger partial charge in [-0.2, -0.15) is 0 Å². The van der Waals surface area contributed by atoms with Gasteiger partial charge in [-0.05, 0) is 76.3 Å². The highest BCUT2D eigenvalue weighted by Gasteiger charge is 2.48. The molecule has 2 heterocycles. The lowest BCUT2D eigenvalue weighted by molar-refractivity contribution is -0.0859. The molecule has 0 saturated carbocycles. The monoisotopic (exact) mass is 432 g/mol. The third kappa shape index (κ3) is 3.55. The molecule has 2 saturated heterocycles. The third-order valence-electron chi connectivity index (χ3n) is 8.63. The minimum Gasteiger partial charge on any atom is -0.378 e. The Bertz CT molecular complexity index is 986. The molecule has 0 spiro atoms. The molecule has 5 rings (SSSR count). The van der Waals surface area contributed by atoms with Gasteiger partial charge < -0.3 is 9.47 Å². The smallest absolute Gasteiger partial charge is 0.0608 e. The van der Waals surface area contributed by atoms with Gasteiger partial charge in [0.2, 0.25) is 0 Å². The third-order valence-corrected chi connectivity index (χ3v) is 8.63. The first-order chi connectivity index (χ1) is 15.1. The van der Waals surface area contributed by atoms with E-state index in [4.69, 9.17) is 9.47 Å². The van der Waals surface area contributed by atoms with E-state index in [1.165, 1.54) is 46.2 Å². The zero-order chi connectivity index (χ0) is 22.7. The molecule has 2 aromatic rings. The molecule has 0 radical (unpaired) electrons. The summed E-state index contributed by atoms with van der Waals surface area (Å²) in [5, 5.41) is 0. The normalized spacial score (nSPS) is 26.8. The van der Waals surface area contributed by atoms with Crippen LogP contribution in [0.3, 0.4) is 0 Å². The van der Waals surface area contributed by atoms with Gasteiger partial charge in [-0.25, -0.2) is 0 Å². The van der Waals surface area contributed by atoms with Crippen LogP contribution < -0.4 is 0 Å². The first-order valence-electron chi connectivity index (χ1n) is 12.7. The number of hydrogen-bond acceptors (Lipinski definition) is 2. The molecular formula is C30H40O2. The summed E-state index contributed by atoms with van der Waals surface area (Å²) < 4.78 is 12.1. The van der Waals surface area contributed by atoms with Crippen LogP contribution in [0.15, 0.2) is 36.4 Å². The molecule has 0 N–H and O–H groups in total. The maximum Gasteiger partial charge on any atom is 0.0608 e. The second kappa shape index (κ2) is 7.71. The van der Waals surface area contributed by atoms with Crippen LogP contribution in [0.5, 0.6) is 0 Å². The average molecular weight is 433 g/mol. The summed E-state index contributed by atoms with van der Waals surface area (Å²) in [4.78, 5) is 0. The van der Waals surface area contributed by atoms with Gasteiger partial charge in [-0.1, -0.05) is 77.9 Å². The summed E-state index contributed by atoms with van der Waals surface area (Å²) in [6, 6.07) is 14.6. The van der Waals surface area contributed by atoms with Crippen molar-refractivity contribution in [2.45, 2.75) is 102 Å². The van der Waals surface area contributed by atoms with E-state index in [0.717, 1.165) is 32.5 Å². The van der Waals surface area contributed by atoms with Gasteiger partial charge in [0.05, 0.1) is 12.2 Å². The molecule has 2 fully saturated rings.